The Hall–Kier alpha value is -2.46. The first-order chi connectivity index (χ1) is 14.2. The highest BCUT2D eigenvalue weighted by molar-refractivity contribution is 7.20. The molecule has 2 aromatic rings. The van der Waals surface area contributed by atoms with E-state index in [-0.39, 0.29) is 16.7 Å². The first-order valence-corrected chi connectivity index (χ1v) is 10.8. The second kappa shape index (κ2) is 9.35. The summed E-state index contributed by atoms with van der Waals surface area (Å²) >= 11 is 1.27. The van der Waals surface area contributed by atoms with Crippen LogP contribution in [0.25, 0.3) is 10.2 Å². The molecule has 0 spiro atoms. The highest BCUT2D eigenvalue weighted by atomic mass is 32.1. The van der Waals surface area contributed by atoms with E-state index < -0.39 is 11.7 Å². The summed E-state index contributed by atoms with van der Waals surface area (Å²) in [6, 6.07) is 0. The summed E-state index contributed by atoms with van der Waals surface area (Å²) in [5, 5.41) is 4.42. The van der Waals surface area contributed by atoms with Crippen molar-refractivity contribution in [2.24, 2.45) is 10.5 Å². The van der Waals surface area contributed by atoms with Crippen molar-refractivity contribution in [2.75, 3.05) is 13.7 Å². The molecule has 0 aliphatic carbocycles. The Balaban J connectivity index is 2.55. The number of aryl methyl sites for hydroxylation is 1. The van der Waals surface area contributed by atoms with Crippen molar-refractivity contribution in [1.29, 1.82) is 0 Å². The number of ether oxygens (including phenoxy) is 2. The molecule has 0 saturated heterocycles. The Kier molecular flexibility index (Phi) is 7.48. The monoisotopic (exact) mass is 452 g/mol. The summed E-state index contributed by atoms with van der Waals surface area (Å²) in [6.07, 6.45) is 0.787. The van der Waals surface area contributed by atoms with Crippen LogP contribution < -0.4 is 16.7 Å². The highest BCUT2D eigenvalue weighted by Gasteiger charge is 2.22. The predicted molar refractivity (Wildman–Crippen MR) is 123 cm³/mol. The number of fused-ring (bicyclic) bond motifs is 1. The van der Waals surface area contributed by atoms with Crippen LogP contribution in [0.2, 0.25) is 0 Å². The number of hydrazone groups is 1. The molecule has 2 heterocycles. The third-order valence-corrected chi connectivity index (χ3v) is 5.47. The molecular formula is C21H32N4O5S. The van der Waals surface area contributed by atoms with Crippen LogP contribution in [0.15, 0.2) is 14.7 Å². The molecule has 172 valence electrons. The lowest BCUT2D eigenvalue weighted by Crippen LogP contribution is -2.42. The summed E-state index contributed by atoms with van der Waals surface area (Å²) in [4.78, 5) is 39.4. The van der Waals surface area contributed by atoms with Crippen LogP contribution in [0, 0.1) is 12.3 Å². The van der Waals surface area contributed by atoms with E-state index in [9.17, 15) is 14.4 Å². The van der Waals surface area contributed by atoms with Gasteiger partial charge in [-0.2, -0.15) is 5.10 Å². The quantitative estimate of drug-likeness (QED) is 0.536. The molecule has 0 aromatic carbocycles. The minimum atomic E-state index is -0.674. The number of aromatic nitrogens is 2. The Morgan fingerprint density at radius 3 is 2.35 bits per heavy atom. The summed E-state index contributed by atoms with van der Waals surface area (Å²) in [6.45, 7) is 14.0. The Morgan fingerprint density at radius 1 is 1.16 bits per heavy atom. The van der Waals surface area contributed by atoms with Gasteiger partial charge in [-0.1, -0.05) is 20.8 Å². The number of thiophene rings is 1. The molecule has 2 aromatic heterocycles. The molecule has 0 aliphatic rings. The zero-order valence-corrected chi connectivity index (χ0v) is 20.3. The van der Waals surface area contributed by atoms with Gasteiger partial charge in [-0.05, 0) is 38.7 Å². The first kappa shape index (κ1) is 24.8. The van der Waals surface area contributed by atoms with E-state index >= 15 is 0 Å². The molecule has 0 unspecified atom stereocenters. The largest absolute Gasteiger partial charge is 0.443 e. The lowest BCUT2D eigenvalue weighted by atomic mass is 9.97. The molecule has 0 saturated carbocycles. The van der Waals surface area contributed by atoms with Gasteiger partial charge in [0.15, 0.2) is 0 Å². The van der Waals surface area contributed by atoms with E-state index in [0.29, 0.717) is 40.4 Å². The van der Waals surface area contributed by atoms with Gasteiger partial charge in [0.05, 0.1) is 29.6 Å². The van der Waals surface area contributed by atoms with Crippen LogP contribution >= 0.6 is 11.3 Å². The summed E-state index contributed by atoms with van der Waals surface area (Å²) < 4.78 is 13.2. The Labute approximate surface area is 185 Å². The van der Waals surface area contributed by atoms with E-state index in [1.165, 1.54) is 22.1 Å². The zero-order valence-electron chi connectivity index (χ0n) is 19.5. The number of carbonyl (C=O) groups is 1. The number of rotatable bonds is 6. The molecule has 9 nitrogen and oxygen atoms in total. The molecule has 0 aliphatic heterocycles. The number of carbonyl (C=O) groups excluding carboxylic acids is 1. The molecule has 0 atom stereocenters. The van der Waals surface area contributed by atoms with Crippen molar-refractivity contribution in [3.05, 3.63) is 31.3 Å². The van der Waals surface area contributed by atoms with E-state index in [1.807, 2.05) is 27.7 Å². The van der Waals surface area contributed by atoms with Gasteiger partial charge >= 0.3 is 11.8 Å². The lowest BCUT2D eigenvalue weighted by Gasteiger charge is -2.20. The number of nitrogens with zero attached hydrogens (tertiary/aromatic N) is 3. The number of amides is 1. The SMILES string of the molecule is COCCn1c(=O)n(CC(C)(C)C)c(=O)c2c(C)c(C=NNC(=O)OC(C)(C)C)sc21. The molecule has 1 amide bonds. The van der Waals surface area contributed by atoms with E-state index in [0.717, 1.165) is 0 Å². The average molecular weight is 453 g/mol. The van der Waals surface area contributed by atoms with Gasteiger partial charge in [0, 0.05) is 13.7 Å². The third-order valence-electron chi connectivity index (χ3n) is 4.22. The number of hydrogen-bond donors (Lipinski definition) is 1. The molecule has 1 N–H and O–H groups in total. The van der Waals surface area contributed by atoms with Crippen molar-refractivity contribution >= 4 is 33.9 Å². The molecule has 0 fully saturated rings. The minimum absolute atomic E-state index is 0.249. The maximum atomic E-state index is 13.2. The topological polar surface area (TPSA) is 104 Å². The van der Waals surface area contributed by atoms with E-state index in [1.54, 1.807) is 32.4 Å². The molecule has 31 heavy (non-hydrogen) atoms. The van der Waals surface area contributed by atoms with E-state index in [2.05, 4.69) is 10.5 Å². The number of hydrogen-bond acceptors (Lipinski definition) is 7. The second-order valence-electron chi connectivity index (χ2n) is 9.52. The highest BCUT2D eigenvalue weighted by Crippen LogP contribution is 2.27. The normalized spacial score (nSPS) is 12.6. The van der Waals surface area contributed by atoms with Gasteiger partial charge in [0.1, 0.15) is 10.4 Å². The first-order valence-electron chi connectivity index (χ1n) is 10.0. The Morgan fingerprint density at radius 2 is 1.81 bits per heavy atom. The lowest BCUT2D eigenvalue weighted by molar-refractivity contribution is 0.0529. The molecule has 0 bridgehead atoms. The van der Waals surface area contributed by atoms with Crippen LogP contribution in [0.3, 0.4) is 0 Å². The summed E-state index contributed by atoms with van der Waals surface area (Å²) in [5.74, 6) is 0. The Bertz CT molecular complexity index is 1100. The molecule has 10 heteroatoms. The van der Waals surface area contributed by atoms with Crippen molar-refractivity contribution in [1.82, 2.24) is 14.6 Å². The fraction of sp³-hybridized carbons (Fsp3) is 0.619. The summed E-state index contributed by atoms with van der Waals surface area (Å²) in [5.41, 5.74) is 1.45. The van der Waals surface area contributed by atoms with Crippen LogP contribution in [-0.4, -0.2) is 40.8 Å². The van der Waals surface area contributed by atoms with Gasteiger partial charge in [0.2, 0.25) is 0 Å². The fourth-order valence-electron chi connectivity index (χ4n) is 2.97. The molecular weight excluding hydrogens is 420 g/mol. The predicted octanol–water partition coefficient (Wildman–Crippen LogP) is 3.08. The number of nitrogens with one attached hydrogen (secondary N) is 1. The average Bonchev–Trinajstić information content (AvgIpc) is 2.93. The van der Waals surface area contributed by atoms with Crippen LogP contribution in [0.4, 0.5) is 4.79 Å². The standard InChI is InChI=1S/C21H32N4O5S/c1-13-14(11-22-23-18(27)30-21(5,6)7)31-17-15(13)16(26)25(12-20(2,3)4)19(28)24(17)9-10-29-8/h11H,9-10,12H2,1-8H3,(H,23,27). The molecule has 0 radical (unpaired) electrons. The minimum Gasteiger partial charge on any atom is -0.443 e. The smallest absolute Gasteiger partial charge is 0.428 e. The van der Waals surface area contributed by atoms with Gasteiger partial charge < -0.3 is 9.47 Å². The molecule has 2 rings (SSSR count). The van der Waals surface area contributed by atoms with Crippen LogP contribution in [0.5, 0.6) is 0 Å². The maximum absolute atomic E-state index is 13.2. The van der Waals surface area contributed by atoms with Crippen LogP contribution in [-0.2, 0) is 22.6 Å². The van der Waals surface area contributed by atoms with Gasteiger partial charge in [-0.15, -0.1) is 11.3 Å². The summed E-state index contributed by atoms with van der Waals surface area (Å²) in [7, 11) is 1.56. The van der Waals surface area contributed by atoms with Gasteiger partial charge in [-0.25, -0.2) is 15.0 Å². The van der Waals surface area contributed by atoms with Crippen molar-refractivity contribution in [3.8, 4) is 0 Å². The van der Waals surface area contributed by atoms with Crippen molar-refractivity contribution in [3.63, 3.8) is 0 Å². The van der Waals surface area contributed by atoms with Crippen LogP contribution in [0.1, 0.15) is 52.0 Å². The third kappa shape index (κ3) is 6.27. The number of methoxy groups -OCH3 is 1. The van der Waals surface area contributed by atoms with Gasteiger partial charge in [0.25, 0.3) is 5.56 Å². The second-order valence-corrected chi connectivity index (χ2v) is 10.6. The van der Waals surface area contributed by atoms with Gasteiger partial charge in [-0.3, -0.25) is 13.9 Å². The maximum Gasteiger partial charge on any atom is 0.428 e. The van der Waals surface area contributed by atoms with E-state index in [4.69, 9.17) is 9.47 Å². The fourth-order valence-corrected chi connectivity index (χ4v) is 4.16. The van der Waals surface area contributed by atoms with Crippen molar-refractivity contribution in [2.45, 2.75) is 67.2 Å². The van der Waals surface area contributed by atoms with Crippen molar-refractivity contribution < 1.29 is 14.3 Å². The zero-order chi connectivity index (χ0) is 23.6.